The number of aliphatic hydroxyl groups excluding tert-OH is 2. The van der Waals surface area contributed by atoms with Crippen molar-refractivity contribution < 1.29 is 33.3 Å². The molecule has 9 nitrogen and oxygen atoms in total. The van der Waals surface area contributed by atoms with E-state index in [0.29, 0.717) is 5.56 Å². The zero-order valence-electron chi connectivity index (χ0n) is 20.3. The van der Waals surface area contributed by atoms with Crippen molar-refractivity contribution in [3.8, 4) is 17.1 Å². The summed E-state index contributed by atoms with van der Waals surface area (Å²) in [5.74, 6) is -0.699. The van der Waals surface area contributed by atoms with Gasteiger partial charge in [0.1, 0.15) is 0 Å². The van der Waals surface area contributed by atoms with Crippen LogP contribution < -0.4 is 5.32 Å². The molecule has 4 rings (SSSR count). The van der Waals surface area contributed by atoms with Gasteiger partial charge in [0, 0.05) is 35.5 Å². The van der Waals surface area contributed by atoms with Crippen LogP contribution in [0.5, 0.6) is 0 Å². The summed E-state index contributed by atoms with van der Waals surface area (Å²) in [6.07, 6.45) is -2.20. The second-order valence-corrected chi connectivity index (χ2v) is 8.58. The van der Waals surface area contributed by atoms with Crippen molar-refractivity contribution in [1.29, 1.82) is 0 Å². The predicted molar refractivity (Wildman–Crippen MR) is 137 cm³/mol. The van der Waals surface area contributed by atoms with E-state index >= 15 is 0 Å². The second-order valence-electron chi connectivity index (χ2n) is 8.58. The molecule has 0 spiro atoms. The smallest absolute Gasteiger partial charge is 0.416 e. The highest BCUT2D eigenvalue weighted by atomic mass is 19.4. The summed E-state index contributed by atoms with van der Waals surface area (Å²) < 4.78 is 41.8. The lowest BCUT2D eigenvalue weighted by atomic mass is 10.0. The van der Waals surface area contributed by atoms with E-state index in [2.05, 4.69) is 20.4 Å². The van der Waals surface area contributed by atoms with Gasteiger partial charge in [0.25, 0.3) is 0 Å². The first kappa shape index (κ1) is 27.5. The maximum absolute atomic E-state index is 13.5. The minimum atomic E-state index is -4.57. The van der Waals surface area contributed by atoms with Crippen LogP contribution in [0.25, 0.3) is 23.2 Å². The lowest BCUT2D eigenvalue weighted by Crippen LogP contribution is -2.19. The number of rotatable bonds is 10. The molecule has 2 atom stereocenters. The highest BCUT2D eigenvalue weighted by Gasteiger charge is 2.31. The van der Waals surface area contributed by atoms with Crippen LogP contribution in [0, 0.1) is 0 Å². The van der Waals surface area contributed by atoms with E-state index in [-0.39, 0.29) is 29.4 Å². The Bertz CT molecular complexity index is 1460. The fourth-order valence-electron chi connectivity index (χ4n) is 3.82. The number of anilines is 2. The molecule has 0 aliphatic carbocycles. The fraction of sp³-hybridized carbons (Fsp3) is 0.185. The van der Waals surface area contributed by atoms with E-state index in [0.717, 1.165) is 17.8 Å². The number of carboxylic acids is 1. The zero-order chi connectivity index (χ0) is 28.0. The third-order valence-electron chi connectivity index (χ3n) is 5.57. The topological polar surface area (TPSA) is 133 Å². The number of carboxylic acid groups (broad SMARTS) is 1. The van der Waals surface area contributed by atoms with Crippen molar-refractivity contribution in [2.45, 2.75) is 31.2 Å². The predicted octanol–water partition coefficient (Wildman–Crippen LogP) is 4.69. The van der Waals surface area contributed by atoms with Crippen LogP contribution in [0.15, 0.2) is 79.1 Å². The Labute approximate surface area is 220 Å². The minimum Gasteiger partial charge on any atom is -0.481 e. The SMILES string of the molecule is O=C(O)C[C@H](O)C[C@H](O)C=Cc1cnn(-c2ccnc(Nc3ccccc3)n2)c1-c1cccc(C(F)(F)F)c1. The zero-order valence-corrected chi connectivity index (χ0v) is 20.3. The van der Waals surface area contributed by atoms with E-state index in [4.69, 9.17) is 5.11 Å². The Balaban J connectivity index is 1.73. The summed E-state index contributed by atoms with van der Waals surface area (Å²) in [6.45, 7) is 0. The molecule has 0 fully saturated rings. The molecule has 0 bridgehead atoms. The van der Waals surface area contributed by atoms with Crippen molar-refractivity contribution >= 4 is 23.7 Å². The van der Waals surface area contributed by atoms with E-state index in [1.165, 1.54) is 41.4 Å². The fourth-order valence-corrected chi connectivity index (χ4v) is 3.82. The van der Waals surface area contributed by atoms with Crippen molar-refractivity contribution in [3.05, 3.63) is 90.3 Å². The molecular formula is C27H24F3N5O4. The molecule has 0 saturated carbocycles. The lowest BCUT2D eigenvalue weighted by molar-refractivity contribution is -0.139. The highest BCUT2D eigenvalue weighted by molar-refractivity contribution is 5.74. The standard InChI is InChI=1S/C27H24F3N5O4/c28-27(29,30)19-6-4-5-17(13-19)25-18(9-10-21(36)14-22(37)15-24(38)39)16-32-35(25)23-11-12-31-26(34-23)33-20-7-2-1-3-8-20/h1-13,16,21-22,36-37H,14-15H2,(H,38,39)(H,31,33,34)/t21-,22-/m1/s1. The Morgan fingerprint density at radius 3 is 2.56 bits per heavy atom. The first-order chi connectivity index (χ1) is 18.6. The average Bonchev–Trinajstić information content (AvgIpc) is 3.31. The number of aliphatic hydroxyl groups is 2. The summed E-state index contributed by atoms with van der Waals surface area (Å²) >= 11 is 0. The third-order valence-corrected chi connectivity index (χ3v) is 5.57. The minimum absolute atomic E-state index is 0.193. The molecule has 2 aromatic carbocycles. The van der Waals surface area contributed by atoms with Crippen LogP contribution in [0.3, 0.4) is 0 Å². The van der Waals surface area contributed by atoms with Gasteiger partial charge in [-0.15, -0.1) is 0 Å². The number of carbonyl (C=O) groups is 1. The van der Waals surface area contributed by atoms with Crippen molar-refractivity contribution in [2.24, 2.45) is 0 Å². The van der Waals surface area contributed by atoms with Crippen molar-refractivity contribution in [1.82, 2.24) is 19.7 Å². The number of nitrogens with zero attached hydrogens (tertiary/aromatic N) is 4. The number of para-hydroxylation sites is 1. The molecule has 2 aromatic heterocycles. The summed E-state index contributed by atoms with van der Waals surface area (Å²) in [5, 5.41) is 36.2. The Hall–Kier alpha value is -4.55. The largest absolute Gasteiger partial charge is 0.481 e. The van der Waals surface area contributed by atoms with Crippen LogP contribution in [-0.4, -0.2) is 53.2 Å². The molecule has 4 aromatic rings. The number of nitrogens with one attached hydrogen (secondary N) is 1. The maximum Gasteiger partial charge on any atom is 0.416 e. The van der Waals surface area contributed by atoms with Crippen LogP contribution in [-0.2, 0) is 11.0 Å². The monoisotopic (exact) mass is 539 g/mol. The van der Waals surface area contributed by atoms with Crippen LogP contribution in [0.1, 0.15) is 24.0 Å². The van der Waals surface area contributed by atoms with Gasteiger partial charge in [-0.2, -0.15) is 23.3 Å². The van der Waals surface area contributed by atoms with Gasteiger partial charge in [-0.1, -0.05) is 42.5 Å². The quantitative estimate of drug-likeness (QED) is 0.228. The van der Waals surface area contributed by atoms with Crippen LogP contribution >= 0.6 is 0 Å². The molecule has 0 amide bonds. The molecule has 202 valence electrons. The van der Waals surface area contributed by atoms with Gasteiger partial charge in [-0.3, -0.25) is 4.79 Å². The first-order valence-corrected chi connectivity index (χ1v) is 11.8. The Morgan fingerprint density at radius 1 is 1.08 bits per heavy atom. The summed E-state index contributed by atoms with van der Waals surface area (Å²) in [6, 6.07) is 15.4. The molecule has 39 heavy (non-hydrogen) atoms. The van der Waals surface area contributed by atoms with Crippen LogP contribution in [0.4, 0.5) is 24.8 Å². The number of hydrogen-bond acceptors (Lipinski definition) is 7. The normalized spacial score (nSPS) is 13.4. The highest BCUT2D eigenvalue weighted by Crippen LogP contribution is 2.34. The van der Waals surface area contributed by atoms with Gasteiger partial charge in [-0.05, 0) is 24.3 Å². The van der Waals surface area contributed by atoms with Gasteiger partial charge in [0.05, 0.1) is 36.1 Å². The Kier molecular flexibility index (Phi) is 8.37. The van der Waals surface area contributed by atoms with Gasteiger partial charge in [-0.25, -0.2) is 9.67 Å². The maximum atomic E-state index is 13.5. The molecule has 4 N–H and O–H groups in total. The molecule has 0 aliphatic rings. The van der Waals surface area contributed by atoms with Gasteiger partial charge in [0.15, 0.2) is 5.82 Å². The molecule has 0 saturated heterocycles. The molecular weight excluding hydrogens is 515 g/mol. The summed E-state index contributed by atoms with van der Waals surface area (Å²) in [5.41, 5.74) is 0.695. The molecule has 2 heterocycles. The average molecular weight is 540 g/mol. The Morgan fingerprint density at radius 2 is 1.85 bits per heavy atom. The number of benzene rings is 2. The van der Waals surface area contributed by atoms with E-state index in [1.54, 1.807) is 6.07 Å². The number of aromatic nitrogens is 4. The number of halogens is 3. The lowest BCUT2D eigenvalue weighted by Gasteiger charge is -2.13. The van der Waals surface area contributed by atoms with Crippen molar-refractivity contribution in [3.63, 3.8) is 0 Å². The van der Waals surface area contributed by atoms with Crippen molar-refractivity contribution in [2.75, 3.05) is 5.32 Å². The summed E-state index contributed by atoms with van der Waals surface area (Å²) in [7, 11) is 0. The van der Waals surface area contributed by atoms with Gasteiger partial charge in [0.2, 0.25) is 5.95 Å². The number of alkyl halides is 3. The molecule has 0 unspecified atom stereocenters. The molecule has 0 radical (unpaired) electrons. The van der Waals surface area contributed by atoms with E-state index < -0.39 is 36.3 Å². The second kappa shape index (κ2) is 11.9. The van der Waals surface area contributed by atoms with Gasteiger partial charge >= 0.3 is 12.1 Å². The summed E-state index contributed by atoms with van der Waals surface area (Å²) in [4.78, 5) is 19.4. The number of hydrogen-bond donors (Lipinski definition) is 4. The van der Waals surface area contributed by atoms with Crippen LogP contribution in [0.2, 0.25) is 0 Å². The first-order valence-electron chi connectivity index (χ1n) is 11.8. The van der Waals surface area contributed by atoms with E-state index in [9.17, 15) is 28.2 Å². The number of aliphatic carboxylic acids is 1. The van der Waals surface area contributed by atoms with Gasteiger partial charge < -0.3 is 20.6 Å². The third kappa shape index (κ3) is 7.27. The van der Waals surface area contributed by atoms with E-state index in [1.807, 2.05) is 30.3 Å². The molecule has 12 heteroatoms. The molecule has 0 aliphatic heterocycles.